The lowest BCUT2D eigenvalue weighted by atomic mass is 9.85. The number of nitrogens with zero attached hydrogens (tertiary/aromatic N) is 1. The van der Waals surface area contributed by atoms with Gasteiger partial charge in [0.15, 0.2) is 0 Å². The molecule has 2 fully saturated rings. The van der Waals surface area contributed by atoms with E-state index in [9.17, 15) is 23.6 Å². The third-order valence-electron chi connectivity index (χ3n) is 5.71. The smallest absolute Gasteiger partial charge is 0.325 e. The number of amides is 5. The van der Waals surface area contributed by atoms with Crippen molar-refractivity contribution in [3.05, 3.63) is 35.6 Å². The second-order valence-electron chi connectivity index (χ2n) is 7.58. The molecule has 5 amide bonds. The van der Waals surface area contributed by atoms with Gasteiger partial charge < -0.3 is 16.4 Å². The summed E-state index contributed by atoms with van der Waals surface area (Å²) in [4.78, 5) is 50.0. The maximum Gasteiger partial charge on any atom is 0.325 e. The normalized spacial score (nSPS) is 23.6. The van der Waals surface area contributed by atoms with Crippen molar-refractivity contribution in [1.29, 1.82) is 0 Å². The van der Waals surface area contributed by atoms with Crippen LogP contribution >= 0.6 is 0 Å². The Morgan fingerprint density at radius 2 is 1.82 bits per heavy atom. The van der Waals surface area contributed by atoms with Gasteiger partial charge in [0, 0.05) is 6.54 Å². The van der Waals surface area contributed by atoms with E-state index in [0.717, 1.165) is 17.7 Å². The number of urea groups is 1. The van der Waals surface area contributed by atoms with Crippen molar-refractivity contribution in [3.8, 4) is 0 Å². The summed E-state index contributed by atoms with van der Waals surface area (Å²) in [5.41, 5.74) is 3.75. The molecule has 4 N–H and O–H groups in total. The van der Waals surface area contributed by atoms with E-state index < -0.39 is 47.1 Å². The van der Waals surface area contributed by atoms with Crippen molar-refractivity contribution in [2.24, 2.45) is 11.1 Å². The van der Waals surface area contributed by atoms with Gasteiger partial charge in [0.05, 0.1) is 5.41 Å². The summed E-state index contributed by atoms with van der Waals surface area (Å²) < 4.78 is 13.2. The Labute approximate surface area is 161 Å². The van der Waals surface area contributed by atoms with E-state index in [-0.39, 0.29) is 6.54 Å². The first-order valence-corrected chi connectivity index (χ1v) is 9.15. The number of nitrogens with one attached hydrogen (secondary N) is 2. The average molecular weight is 390 g/mol. The van der Waals surface area contributed by atoms with Crippen LogP contribution in [0.5, 0.6) is 0 Å². The van der Waals surface area contributed by atoms with E-state index in [4.69, 9.17) is 5.73 Å². The van der Waals surface area contributed by atoms with Crippen LogP contribution in [0.25, 0.3) is 0 Å². The molecule has 0 radical (unpaired) electrons. The van der Waals surface area contributed by atoms with Crippen molar-refractivity contribution in [2.45, 2.75) is 38.1 Å². The average Bonchev–Trinajstić information content (AvgIpc) is 3.21. The zero-order valence-corrected chi connectivity index (χ0v) is 15.6. The molecular formula is C19H23FN4O4. The van der Waals surface area contributed by atoms with Crippen molar-refractivity contribution in [1.82, 2.24) is 15.5 Å². The number of nitrogens with two attached hydrogens (primary N) is 1. The van der Waals surface area contributed by atoms with Gasteiger partial charge in [-0.25, -0.2) is 9.18 Å². The molecule has 2 aliphatic rings. The highest BCUT2D eigenvalue weighted by molar-refractivity contribution is 6.09. The molecule has 0 aromatic heterocycles. The summed E-state index contributed by atoms with van der Waals surface area (Å²) in [6.07, 6.45) is 2.94. The Morgan fingerprint density at radius 3 is 2.39 bits per heavy atom. The Hall–Kier alpha value is -2.97. The van der Waals surface area contributed by atoms with Crippen molar-refractivity contribution >= 4 is 23.8 Å². The third-order valence-corrected chi connectivity index (χ3v) is 5.71. The van der Waals surface area contributed by atoms with Crippen LogP contribution in [0.15, 0.2) is 24.3 Å². The Bertz CT molecular complexity index is 820. The third kappa shape index (κ3) is 3.44. The van der Waals surface area contributed by atoms with Gasteiger partial charge in [-0.1, -0.05) is 25.0 Å². The Kier molecular flexibility index (Phi) is 5.10. The van der Waals surface area contributed by atoms with E-state index >= 15 is 0 Å². The van der Waals surface area contributed by atoms with Crippen LogP contribution in [0.3, 0.4) is 0 Å². The molecule has 9 heteroatoms. The van der Waals surface area contributed by atoms with E-state index in [1.54, 1.807) is 0 Å². The topological polar surface area (TPSA) is 122 Å². The fraction of sp³-hybridized carbons (Fsp3) is 0.474. The predicted molar refractivity (Wildman–Crippen MR) is 97.1 cm³/mol. The summed E-state index contributed by atoms with van der Waals surface area (Å²) in [5.74, 6) is -2.08. The number of halogens is 1. The van der Waals surface area contributed by atoms with Crippen molar-refractivity contribution in [2.75, 3.05) is 13.1 Å². The molecule has 1 aliphatic heterocycles. The van der Waals surface area contributed by atoms with E-state index in [1.807, 2.05) is 0 Å². The summed E-state index contributed by atoms with van der Waals surface area (Å²) in [7, 11) is 0. The number of hydrogen-bond donors (Lipinski definition) is 3. The number of carbonyl (C=O) groups is 4. The van der Waals surface area contributed by atoms with Gasteiger partial charge >= 0.3 is 6.03 Å². The summed E-state index contributed by atoms with van der Waals surface area (Å²) in [5, 5.41) is 5.18. The lowest BCUT2D eigenvalue weighted by Crippen LogP contribution is -2.48. The first-order chi connectivity index (χ1) is 13.2. The van der Waals surface area contributed by atoms with Gasteiger partial charge in [0.25, 0.3) is 5.91 Å². The minimum absolute atomic E-state index is 0.0834. The van der Waals surface area contributed by atoms with Crippen LogP contribution in [-0.2, 0) is 19.9 Å². The monoisotopic (exact) mass is 390 g/mol. The second kappa shape index (κ2) is 7.21. The maximum absolute atomic E-state index is 13.2. The molecule has 1 aromatic carbocycles. The minimum atomic E-state index is -1.38. The zero-order chi connectivity index (χ0) is 20.5. The minimum Gasteiger partial charge on any atom is -0.369 e. The van der Waals surface area contributed by atoms with E-state index in [1.165, 1.54) is 31.2 Å². The highest BCUT2D eigenvalue weighted by Crippen LogP contribution is 2.37. The van der Waals surface area contributed by atoms with Gasteiger partial charge in [-0.2, -0.15) is 0 Å². The standard InChI is InChI=1S/C19H23FN4O4/c1-18(12-4-6-13(20)7-5-12)16(27)24(17(28)23-18)10-14(25)22-11-19(15(21)26)8-2-3-9-19/h4-7H,2-3,8-11H2,1H3,(H2,21,26)(H,22,25)(H,23,28)/t18-/m0/s1. The van der Waals surface area contributed by atoms with Crippen LogP contribution in [-0.4, -0.2) is 41.7 Å². The number of primary amides is 1. The molecule has 1 atom stereocenters. The summed E-state index contributed by atoms with van der Waals surface area (Å²) in [6.45, 7) is 1.11. The van der Waals surface area contributed by atoms with Crippen LogP contribution in [0, 0.1) is 11.2 Å². The van der Waals surface area contributed by atoms with Gasteiger partial charge in [0.1, 0.15) is 17.9 Å². The molecule has 1 saturated carbocycles. The molecule has 1 aromatic rings. The molecule has 3 rings (SSSR count). The summed E-state index contributed by atoms with van der Waals surface area (Å²) in [6, 6.07) is 4.50. The number of benzene rings is 1. The fourth-order valence-electron chi connectivity index (χ4n) is 3.85. The van der Waals surface area contributed by atoms with Crippen molar-refractivity contribution < 1.29 is 23.6 Å². The van der Waals surface area contributed by atoms with E-state index in [0.29, 0.717) is 18.4 Å². The highest BCUT2D eigenvalue weighted by Gasteiger charge is 2.49. The van der Waals surface area contributed by atoms with Gasteiger partial charge in [-0.05, 0) is 37.5 Å². The molecular weight excluding hydrogens is 367 g/mol. The number of hydrogen-bond acceptors (Lipinski definition) is 4. The van der Waals surface area contributed by atoms with Crippen LogP contribution < -0.4 is 16.4 Å². The lowest BCUT2D eigenvalue weighted by molar-refractivity contribution is -0.135. The Balaban J connectivity index is 1.66. The quantitative estimate of drug-likeness (QED) is 0.621. The molecule has 0 spiro atoms. The Morgan fingerprint density at radius 1 is 1.21 bits per heavy atom. The SMILES string of the molecule is C[C@@]1(c2ccc(F)cc2)NC(=O)N(CC(=O)NCC2(C(N)=O)CCCC2)C1=O. The van der Waals surface area contributed by atoms with Crippen LogP contribution in [0.1, 0.15) is 38.2 Å². The lowest BCUT2D eigenvalue weighted by Gasteiger charge is -2.26. The van der Waals surface area contributed by atoms with Gasteiger partial charge in [-0.3, -0.25) is 19.3 Å². The molecule has 1 saturated heterocycles. The fourth-order valence-corrected chi connectivity index (χ4v) is 3.85. The first-order valence-electron chi connectivity index (χ1n) is 9.15. The molecule has 0 bridgehead atoms. The number of rotatable bonds is 6. The molecule has 150 valence electrons. The first kappa shape index (κ1) is 19.8. The molecule has 0 unspecified atom stereocenters. The second-order valence-corrected chi connectivity index (χ2v) is 7.58. The van der Waals surface area contributed by atoms with Gasteiger partial charge in [-0.15, -0.1) is 0 Å². The van der Waals surface area contributed by atoms with Gasteiger partial charge in [0.2, 0.25) is 11.8 Å². The maximum atomic E-state index is 13.2. The predicted octanol–water partition coefficient (Wildman–Crippen LogP) is 0.755. The molecule has 8 nitrogen and oxygen atoms in total. The highest BCUT2D eigenvalue weighted by atomic mass is 19.1. The van der Waals surface area contributed by atoms with Crippen LogP contribution in [0.2, 0.25) is 0 Å². The van der Waals surface area contributed by atoms with E-state index in [2.05, 4.69) is 10.6 Å². The molecule has 1 heterocycles. The molecule has 1 aliphatic carbocycles. The molecule has 28 heavy (non-hydrogen) atoms. The van der Waals surface area contributed by atoms with Crippen molar-refractivity contribution in [3.63, 3.8) is 0 Å². The van der Waals surface area contributed by atoms with Crippen LogP contribution in [0.4, 0.5) is 9.18 Å². The number of carbonyl (C=O) groups excluding carboxylic acids is 4. The largest absolute Gasteiger partial charge is 0.369 e. The summed E-state index contributed by atoms with van der Waals surface area (Å²) >= 11 is 0. The zero-order valence-electron chi connectivity index (χ0n) is 15.6. The number of imide groups is 1.